The average Bonchev–Trinajstić information content (AvgIpc) is 2.60. The molecule has 0 bridgehead atoms. The Hall–Kier alpha value is -1.98. The summed E-state index contributed by atoms with van der Waals surface area (Å²) < 4.78 is 6.83. The Morgan fingerprint density at radius 1 is 1.24 bits per heavy atom. The highest BCUT2D eigenvalue weighted by molar-refractivity contribution is 7.99. The zero-order valence-corrected chi connectivity index (χ0v) is 15.9. The smallest absolute Gasteiger partial charge is 0.266 e. The van der Waals surface area contributed by atoms with Gasteiger partial charge in [-0.1, -0.05) is 49.3 Å². The summed E-state index contributed by atoms with van der Waals surface area (Å²) in [5, 5.41) is 1.71. The number of nitrogens with zero attached hydrogens (tertiary/aromatic N) is 2. The molecule has 1 heterocycles. The minimum Gasteiger partial charge on any atom is -0.495 e. The number of halogens is 1. The number of methoxy groups -OCH3 is 1. The van der Waals surface area contributed by atoms with E-state index in [1.54, 1.807) is 41.6 Å². The first-order valence-corrected chi connectivity index (χ1v) is 9.36. The first-order chi connectivity index (χ1) is 12.0. The molecule has 0 atom stereocenters. The van der Waals surface area contributed by atoms with Crippen LogP contribution in [0.25, 0.3) is 16.6 Å². The molecule has 130 valence electrons. The van der Waals surface area contributed by atoms with Crippen LogP contribution in [0.2, 0.25) is 5.02 Å². The van der Waals surface area contributed by atoms with Crippen molar-refractivity contribution in [2.24, 2.45) is 5.92 Å². The SMILES string of the molecule is COc1ccc(-n2c(SCC(C)C)nc3ccccc3c2=O)cc1Cl. The van der Waals surface area contributed by atoms with Crippen LogP contribution < -0.4 is 10.3 Å². The predicted molar refractivity (Wildman–Crippen MR) is 104 cm³/mol. The van der Waals surface area contributed by atoms with E-state index in [1.807, 2.05) is 24.3 Å². The number of benzene rings is 2. The summed E-state index contributed by atoms with van der Waals surface area (Å²) in [5.74, 6) is 1.93. The summed E-state index contributed by atoms with van der Waals surface area (Å²) in [7, 11) is 1.56. The molecule has 0 aliphatic rings. The average molecular weight is 375 g/mol. The van der Waals surface area contributed by atoms with Crippen molar-refractivity contribution in [2.75, 3.05) is 12.9 Å². The van der Waals surface area contributed by atoms with Gasteiger partial charge in [0, 0.05) is 5.75 Å². The largest absolute Gasteiger partial charge is 0.495 e. The van der Waals surface area contributed by atoms with Gasteiger partial charge in [0.25, 0.3) is 5.56 Å². The van der Waals surface area contributed by atoms with Crippen molar-refractivity contribution in [3.05, 3.63) is 57.8 Å². The van der Waals surface area contributed by atoms with Gasteiger partial charge in [-0.3, -0.25) is 9.36 Å². The molecule has 3 aromatic rings. The fourth-order valence-corrected chi connectivity index (χ4v) is 3.69. The normalized spacial score (nSPS) is 11.2. The second-order valence-corrected chi connectivity index (χ2v) is 7.47. The molecule has 3 rings (SSSR count). The Balaban J connectivity index is 2.23. The third-order valence-corrected chi connectivity index (χ3v) is 5.35. The fraction of sp³-hybridized carbons (Fsp3) is 0.263. The van der Waals surface area contributed by atoms with E-state index in [0.717, 1.165) is 5.75 Å². The van der Waals surface area contributed by atoms with Crippen LogP contribution in [0.4, 0.5) is 0 Å². The summed E-state index contributed by atoms with van der Waals surface area (Å²) in [5.41, 5.74) is 1.29. The van der Waals surface area contributed by atoms with Gasteiger partial charge in [-0.25, -0.2) is 4.98 Å². The molecule has 0 aliphatic carbocycles. The lowest BCUT2D eigenvalue weighted by Crippen LogP contribution is -2.22. The summed E-state index contributed by atoms with van der Waals surface area (Å²) in [6, 6.07) is 12.7. The van der Waals surface area contributed by atoms with E-state index in [4.69, 9.17) is 21.3 Å². The Kier molecular flexibility index (Phi) is 5.35. The van der Waals surface area contributed by atoms with E-state index in [2.05, 4.69) is 13.8 Å². The summed E-state index contributed by atoms with van der Waals surface area (Å²) in [6.45, 7) is 4.28. The molecule has 0 unspecified atom stereocenters. The highest BCUT2D eigenvalue weighted by Gasteiger charge is 2.15. The summed E-state index contributed by atoms with van der Waals surface area (Å²) in [4.78, 5) is 17.8. The second kappa shape index (κ2) is 7.50. The van der Waals surface area contributed by atoms with Gasteiger partial charge >= 0.3 is 0 Å². The first kappa shape index (κ1) is 17.8. The maximum atomic E-state index is 13.1. The number of ether oxygens (including phenoxy) is 1. The Morgan fingerprint density at radius 3 is 2.68 bits per heavy atom. The van der Waals surface area contributed by atoms with Crippen molar-refractivity contribution in [2.45, 2.75) is 19.0 Å². The predicted octanol–water partition coefficient (Wildman–Crippen LogP) is 4.80. The van der Waals surface area contributed by atoms with E-state index in [0.29, 0.717) is 38.4 Å². The summed E-state index contributed by atoms with van der Waals surface area (Å²) >= 11 is 7.83. The lowest BCUT2D eigenvalue weighted by Gasteiger charge is -2.15. The number of fused-ring (bicyclic) bond motifs is 1. The molecule has 4 nitrogen and oxygen atoms in total. The molecule has 25 heavy (non-hydrogen) atoms. The quantitative estimate of drug-likeness (QED) is 0.475. The van der Waals surface area contributed by atoms with Crippen molar-refractivity contribution in [3.63, 3.8) is 0 Å². The molecular weight excluding hydrogens is 356 g/mol. The highest BCUT2D eigenvalue weighted by atomic mass is 35.5. The molecule has 0 saturated heterocycles. The minimum absolute atomic E-state index is 0.0990. The zero-order chi connectivity index (χ0) is 18.0. The lowest BCUT2D eigenvalue weighted by molar-refractivity contribution is 0.415. The number of rotatable bonds is 5. The van der Waals surface area contributed by atoms with Crippen LogP contribution in [0.1, 0.15) is 13.8 Å². The topological polar surface area (TPSA) is 44.1 Å². The number of hydrogen-bond donors (Lipinski definition) is 0. The Labute approximate surface area is 155 Å². The number of para-hydroxylation sites is 1. The van der Waals surface area contributed by atoms with Gasteiger partial charge in [0.05, 0.1) is 28.7 Å². The van der Waals surface area contributed by atoms with Crippen molar-refractivity contribution >= 4 is 34.3 Å². The zero-order valence-electron chi connectivity index (χ0n) is 14.3. The van der Waals surface area contributed by atoms with E-state index in [1.165, 1.54) is 0 Å². The number of aromatic nitrogens is 2. The first-order valence-electron chi connectivity index (χ1n) is 7.99. The van der Waals surface area contributed by atoms with Crippen LogP contribution in [0.15, 0.2) is 52.4 Å². The molecule has 0 aliphatic heterocycles. The molecule has 0 radical (unpaired) electrons. The molecule has 0 amide bonds. The van der Waals surface area contributed by atoms with Gasteiger partial charge in [-0.05, 0) is 36.2 Å². The van der Waals surface area contributed by atoms with Gasteiger partial charge in [0.15, 0.2) is 5.16 Å². The standard InChI is InChI=1S/C19H19ClN2O2S/c1-12(2)11-25-19-21-16-7-5-4-6-14(16)18(23)22(19)13-8-9-17(24-3)15(20)10-13/h4-10,12H,11H2,1-3H3. The van der Waals surface area contributed by atoms with Crippen molar-refractivity contribution in [1.82, 2.24) is 9.55 Å². The van der Waals surface area contributed by atoms with E-state index >= 15 is 0 Å². The number of thioether (sulfide) groups is 1. The van der Waals surface area contributed by atoms with Crippen LogP contribution in [0.3, 0.4) is 0 Å². The van der Waals surface area contributed by atoms with Crippen LogP contribution >= 0.6 is 23.4 Å². The van der Waals surface area contributed by atoms with Gasteiger partial charge in [-0.15, -0.1) is 0 Å². The Morgan fingerprint density at radius 2 is 2.00 bits per heavy atom. The Bertz CT molecular complexity index is 969. The molecule has 0 N–H and O–H groups in total. The van der Waals surface area contributed by atoms with Gasteiger partial charge in [0.1, 0.15) is 5.75 Å². The summed E-state index contributed by atoms with van der Waals surface area (Å²) in [6.07, 6.45) is 0. The molecule has 1 aromatic heterocycles. The molecule has 0 saturated carbocycles. The van der Waals surface area contributed by atoms with Crippen molar-refractivity contribution < 1.29 is 4.74 Å². The van der Waals surface area contributed by atoms with Crippen molar-refractivity contribution in [3.8, 4) is 11.4 Å². The highest BCUT2D eigenvalue weighted by Crippen LogP contribution is 2.29. The minimum atomic E-state index is -0.0990. The van der Waals surface area contributed by atoms with Crippen LogP contribution in [0.5, 0.6) is 5.75 Å². The number of hydrogen-bond acceptors (Lipinski definition) is 4. The maximum Gasteiger partial charge on any atom is 0.266 e. The van der Waals surface area contributed by atoms with Crippen LogP contribution in [-0.2, 0) is 0 Å². The third-order valence-electron chi connectivity index (χ3n) is 3.68. The third kappa shape index (κ3) is 3.67. The van der Waals surface area contributed by atoms with E-state index in [9.17, 15) is 4.79 Å². The molecule has 2 aromatic carbocycles. The molecule has 0 spiro atoms. The van der Waals surface area contributed by atoms with Gasteiger partial charge < -0.3 is 4.74 Å². The lowest BCUT2D eigenvalue weighted by atomic mass is 10.2. The van der Waals surface area contributed by atoms with Crippen molar-refractivity contribution in [1.29, 1.82) is 0 Å². The van der Waals surface area contributed by atoms with E-state index < -0.39 is 0 Å². The van der Waals surface area contributed by atoms with E-state index in [-0.39, 0.29) is 5.56 Å². The molecule has 0 fully saturated rings. The molecular formula is C19H19ClN2O2S. The maximum absolute atomic E-state index is 13.1. The van der Waals surface area contributed by atoms with Gasteiger partial charge in [0.2, 0.25) is 0 Å². The van der Waals surface area contributed by atoms with Gasteiger partial charge in [-0.2, -0.15) is 0 Å². The monoisotopic (exact) mass is 374 g/mol. The molecule has 6 heteroatoms. The van der Waals surface area contributed by atoms with Crippen LogP contribution in [0, 0.1) is 5.92 Å². The van der Waals surface area contributed by atoms with Crippen LogP contribution in [-0.4, -0.2) is 22.4 Å². The second-order valence-electron chi connectivity index (χ2n) is 6.08. The fourth-order valence-electron chi connectivity index (χ4n) is 2.47.